The third-order valence-corrected chi connectivity index (χ3v) is 6.98. The zero-order valence-corrected chi connectivity index (χ0v) is 23.9. The van der Waals surface area contributed by atoms with Gasteiger partial charge in [-0.25, -0.2) is 19.2 Å². The molecule has 0 radical (unpaired) electrons. The van der Waals surface area contributed by atoms with Gasteiger partial charge < -0.3 is 10.2 Å². The van der Waals surface area contributed by atoms with Crippen LogP contribution in [0, 0.1) is 13.8 Å². The molecule has 0 atom stereocenters. The SMILES string of the molecule is Cc1ccc(-n2nc(C(C)(C)C)cc2NC(=O)Nc2ccc(CN3CC(=O)N(c4ccccc4C)C3=O)cc2)cc1. The van der Waals surface area contributed by atoms with Crippen molar-refractivity contribution < 1.29 is 14.4 Å². The van der Waals surface area contributed by atoms with Gasteiger partial charge in [0.15, 0.2) is 0 Å². The molecule has 9 heteroatoms. The quantitative estimate of drug-likeness (QED) is 0.271. The molecule has 1 saturated heterocycles. The minimum atomic E-state index is -0.402. The Morgan fingerprint density at radius 1 is 0.902 bits per heavy atom. The van der Waals surface area contributed by atoms with E-state index in [1.165, 1.54) is 9.80 Å². The van der Waals surface area contributed by atoms with Crippen LogP contribution in [0.5, 0.6) is 0 Å². The summed E-state index contributed by atoms with van der Waals surface area (Å²) in [4.78, 5) is 41.4. The van der Waals surface area contributed by atoms with Gasteiger partial charge in [0.25, 0.3) is 5.91 Å². The van der Waals surface area contributed by atoms with Crippen LogP contribution in [0.15, 0.2) is 78.9 Å². The minimum Gasteiger partial charge on any atom is -0.310 e. The zero-order chi connectivity index (χ0) is 29.3. The molecule has 9 nitrogen and oxygen atoms in total. The van der Waals surface area contributed by atoms with E-state index in [0.29, 0.717) is 17.2 Å². The molecule has 1 aliphatic heterocycles. The number of carbonyl (C=O) groups excluding carboxylic acids is 3. The lowest BCUT2D eigenvalue weighted by Crippen LogP contribution is -2.33. The number of rotatable bonds is 6. The first-order chi connectivity index (χ1) is 19.5. The van der Waals surface area contributed by atoms with Crippen molar-refractivity contribution in [1.82, 2.24) is 14.7 Å². The van der Waals surface area contributed by atoms with Crippen molar-refractivity contribution in [3.63, 3.8) is 0 Å². The molecule has 1 fully saturated rings. The summed E-state index contributed by atoms with van der Waals surface area (Å²) < 4.78 is 1.73. The summed E-state index contributed by atoms with van der Waals surface area (Å²) >= 11 is 0. The summed E-state index contributed by atoms with van der Waals surface area (Å²) in [5.74, 6) is 0.307. The van der Waals surface area contributed by atoms with E-state index in [4.69, 9.17) is 5.10 Å². The van der Waals surface area contributed by atoms with Crippen molar-refractivity contribution in [1.29, 1.82) is 0 Å². The maximum atomic E-state index is 13.0. The minimum absolute atomic E-state index is 0.0147. The third kappa shape index (κ3) is 5.99. The van der Waals surface area contributed by atoms with Crippen molar-refractivity contribution in [3.05, 3.63) is 101 Å². The van der Waals surface area contributed by atoms with Gasteiger partial charge in [0, 0.05) is 23.7 Å². The maximum Gasteiger partial charge on any atom is 0.332 e. The average molecular weight is 551 g/mol. The van der Waals surface area contributed by atoms with Crippen molar-refractivity contribution >= 4 is 35.2 Å². The lowest BCUT2D eigenvalue weighted by atomic mass is 9.92. The molecular weight excluding hydrogens is 516 g/mol. The lowest BCUT2D eigenvalue weighted by Gasteiger charge is -2.18. The number of hydrogen-bond acceptors (Lipinski definition) is 4. The van der Waals surface area contributed by atoms with E-state index in [-0.39, 0.29) is 30.4 Å². The fraction of sp³-hybridized carbons (Fsp3) is 0.250. The van der Waals surface area contributed by atoms with Gasteiger partial charge >= 0.3 is 12.1 Å². The molecular formula is C32H34N6O3. The summed E-state index contributed by atoms with van der Waals surface area (Å²) in [5, 5.41) is 10.5. The van der Waals surface area contributed by atoms with Crippen LogP contribution in [-0.2, 0) is 16.8 Å². The molecule has 0 saturated carbocycles. The first-order valence-electron chi connectivity index (χ1n) is 13.5. The third-order valence-electron chi connectivity index (χ3n) is 6.98. The molecule has 1 aliphatic rings. The number of nitrogens with zero attached hydrogens (tertiary/aromatic N) is 4. The number of aromatic nitrogens is 2. The van der Waals surface area contributed by atoms with Crippen LogP contribution >= 0.6 is 0 Å². The Kier molecular flexibility index (Phi) is 7.36. The van der Waals surface area contributed by atoms with Crippen LogP contribution in [0.4, 0.5) is 26.8 Å². The molecule has 2 heterocycles. The first kappa shape index (κ1) is 27.6. The molecule has 1 aromatic heterocycles. The lowest BCUT2D eigenvalue weighted by molar-refractivity contribution is -0.116. The van der Waals surface area contributed by atoms with Crippen LogP contribution < -0.4 is 15.5 Å². The van der Waals surface area contributed by atoms with Crippen LogP contribution in [0.1, 0.15) is 43.2 Å². The highest BCUT2D eigenvalue weighted by Crippen LogP contribution is 2.28. The van der Waals surface area contributed by atoms with Crippen molar-refractivity contribution in [2.45, 2.75) is 46.6 Å². The number of carbonyl (C=O) groups is 3. The molecule has 0 spiro atoms. The van der Waals surface area contributed by atoms with Crippen LogP contribution in [0.3, 0.4) is 0 Å². The number of imide groups is 1. The Bertz CT molecular complexity index is 1600. The topological polar surface area (TPSA) is 99.6 Å². The predicted molar refractivity (Wildman–Crippen MR) is 161 cm³/mol. The van der Waals surface area contributed by atoms with Gasteiger partial charge in [0.05, 0.1) is 17.1 Å². The molecule has 3 aromatic carbocycles. The summed E-state index contributed by atoms with van der Waals surface area (Å²) in [6, 6.07) is 23.6. The Morgan fingerprint density at radius 3 is 2.24 bits per heavy atom. The van der Waals surface area contributed by atoms with E-state index in [1.807, 2.05) is 74.5 Å². The molecule has 2 N–H and O–H groups in total. The van der Waals surface area contributed by atoms with Crippen LogP contribution in [0.2, 0.25) is 0 Å². The molecule has 0 unspecified atom stereocenters. The number of aryl methyl sites for hydroxylation is 2. The van der Waals surface area contributed by atoms with Gasteiger partial charge in [-0.15, -0.1) is 0 Å². The fourth-order valence-corrected chi connectivity index (χ4v) is 4.64. The van der Waals surface area contributed by atoms with E-state index < -0.39 is 6.03 Å². The van der Waals surface area contributed by atoms with Crippen LogP contribution in [-0.4, -0.2) is 39.2 Å². The van der Waals surface area contributed by atoms with Gasteiger partial charge in [-0.2, -0.15) is 5.10 Å². The number of para-hydroxylation sites is 1. The first-order valence-corrected chi connectivity index (χ1v) is 13.5. The second-order valence-corrected chi connectivity index (χ2v) is 11.3. The summed E-state index contributed by atoms with van der Waals surface area (Å²) in [7, 11) is 0. The van der Waals surface area contributed by atoms with E-state index in [1.54, 1.807) is 22.9 Å². The summed E-state index contributed by atoms with van der Waals surface area (Å²) in [6.45, 7) is 10.4. The predicted octanol–water partition coefficient (Wildman–Crippen LogP) is 6.40. The second-order valence-electron chi connectivity index (χ2n) is 11.3. The van der Waals surface area contributed by atoms with E-state index in [0.717, 1.165) is 28.1 Å². The Balaban J connectivity index is 1.25. The van der Waals surface area contributed by atoms with E-state index in [2.05, 4.69) is 31.4 Å². The van der Waals surface area contributed by atoms with Gasteiger partial charge in [0.2, 0.25) is 0 Å². The van der Waals surface area contributed by atoms with Crippen molar-refractivity contribution in [2.24, 2.45) is 0 Å². The Morgan fingerprint density at radius 2 is 1.59 bits per heavy atom. The van der Waals surface area contributed by atoms with Crippen molar-refractivity contribution in [2.75, 3.05) is 22.1 Å². The standard InChI is InChI=1S/C32H34N6O3/c1-21-10-16-25(17-11-21)38-28(18-27(35-38)32(3,4)5)34-30(40)33-24-14-12-23(13-15-24)19-36-20-29(39)37(31(36)41)26-9-7-6-8-22(26)2/h6-18H,19-20H2,1-5H3,(H2,33,34,40). The second kappa shape index (κ2) is 10.9. The van der Waals surface area contributed by atoms with E-state index in [9.17, 15) is 14.4 Å². The van der Waals surface area contributed by atoms with Crippen LogP contribution in [0.25, 0.3) is 5.69 Å². The van der Waals surface area contributed by atoms with Gasteiger partial charge in [-0.05, 0) is 55.3 Å². The molecule has 5 amide bonds. The van der Waals surface area contributed by atoms with Crippen molar-refractivity contribution in [3.8, 4) is 5.69 Å². The zero-order valence-electron chi connectivity index (χ0n) is 23.9. The fourth-order valence-electron chi connectivity index (χ4n) is 4.64. The number of nitrogens with one attached hydrogen (secondary N) is 2. The Labute approximate surface area is 239 Å². The number of benzene rings is 3. The normalized spacial score (nSPS) is 13.6. The monoisotopic (exact) mass is 550 g/mol. The van der Waals surface area contributed by atoms with Gasteiger partial charge in [-0.3, -0.25) is 10.1 Å². The number of urea groups is 2. The molecule has 4 aromatic rings. The molecule has 5 rings (SSSR count). The Hall–Kier alpha value is -4.92. The molecule has 210 valence electrons. The molecule has 41 heavy (non-hydrogen) atoms. The van der Waals surface area contributed by atoms with Gasteiger partial charge in [0.1, 0.15) is 12.4 Å². The number of amides is 5. The largest absolute Gasteiger partial charge is 0.332 e. The van der Waals surface area contributed by atoms with Gasteiger partial charge in [-0.1, -0.05) is 68.8 Å². The van der Waals surface area contributed by atoms with E-state index >= 15 is 0 Å². The number of hydrogen-bond donors (Lipinski definition) is 2. The molecule has 0 bridgehead atoms. The number of anilines is 3. The highest BCUT2D eigenvalue weighted by atomic mass is 16.2. The smallest absolute Gasteiger partial charge is 0.310 e. The summed E-state index contributed by atoms with van der Waals surface area (Å²) in [6.07, 6.45) is 0. The average Bonchev–Trinajstić information content (AvgIpc) is 3.46. The molecule has 0 aliphatic carbocycles. The maximum absolute atomic E-state index is 13.0. The highest BCUT2D eigenvalue weighted by Gasteiger charge is 2.37. The highest BCUT2D eigenvalue weighted by molar-refractivity contribution is 6.20. The summed E-state index contributed by atoms with van der Waals surface area (Å²) in [5.41, 5.74) is 5.55.